The van der Waals surface area contributed by atoms with Gasteiger partial charge in [0.25, 0.3) is 0 Å². The van der Waals surface area contributed by atoms with E-state index in [9.17, 15) is 9.59 Å². The van der Waals surface area contributed by atoms with Crippen molar-refractivity contribution < 1.29 is 14.3 Å². The molecule has 1 aliphatic rings. The van der Waals surface area contributed by atoms with E-state index in [4.69, 9.17) is 9.72 Å². The fourth-order valence-electron chi connectivity index (χ4n) is 3.86. The molecule has 6 nitrogen and oxygen atoms in total. The summed E-state index contributed by atoms with van der Waals surface area (Å²) in [7, 11) is 0. The fourth-order valence-corrected chi connectivity index (χ4v) is 3.86. The molecule has 0 saturated carbocycles. The summed E-state index contributed by atoms with van der Waals surface area (Å²) >= 11 is 0. The van der Waals surface area contributed by atoms with Gasteiger partial charge in [0, 0.05) is 24.6 Å². The van der Waals surface area contributed by atoms with Gasteiger partial charge in [-0.2, -0.15) is 0 Å². The molecular formula is C23H25N3O3. The lowest BCUT2D eigenvalue weighted by Crippen LogP contribution is -2.25. The second-order valence-corrected chi connectivity index (χ2v) is 7.82. The molecule has 2 heterocycles. The zero-order valence-corrected chi connectivity index (χ0v) is 17.0. The van der Waals surface area contributed by atoms with Crippen LogP contribution in [0.2, 0.25) is 0 Å². The quantitative estimate of drug-likeness (QED) is 0.620. The van der Waals surface area contributed by atoms with Crippen LogP contribution in [0.3, 0.4) is 0 Å². The van der Waals surface area contributed by atoms with Crippen LogP contribution in [0.1, 0.15) is 37.6 Å². The summed E-state index contributed by atoms with van der Waals surface area (Å²) in [5, 5.41) is 0. The van der Waals surface area contributed by atoms with Gasteiger partial charge in [-0.25, -0.2) is 4.98 Å². The number of carbonyl (C=O) groups is 2. The molecule has 1 saturated heterocycles. The first-order valence-electron chi connectivity index (χ1n) is 9.94. The lowest BCUT2D eigenvalue weighted by Gasteiger charge is -2.17. The number of esters is 1. The molecule has 4 rings (SSSR count). The second kappa shape index (κ2) is 7.70. The van der Waals surface area contributed by atoms with Crippen LogP contribution in [0.25, 0.3) is 11.0 Å². The van der Waals surface area contributed by atoms with Gasteiger partial charge in [0.1, 0.15) is 12.4 Å². The minimum atomic E-state index is -0.302. The van der Waals surface area contributed by atoms with Gasteiger partial charge < -0.3 is 14.2 Å². The molecule has 1 fully saturated rings. The van der Waals surface area contributed by atoms with E-state index in [1.165, 1.54) is 0 Å². The number of amides is 1. The van der Waals surface area contributed by atoms with Gasteiger partial charge in [0.2, 0.25) is 5.91 Å². The minimum absolute atomic E-state index is 0.0715. The summed E-state index contributed by atoms with van der Waals surface area (Å²) in [5.74, 6) is 0.448. The standard InChI is InChI=1S/C23H25N3O3/c1-15(2)29-22(28)14-26-20-7-5-4-6-19(20)24-23(26)17-12-21(27)25(13-17)18-10-8-16(3)9-11-18/h4-11,15,17H,12-14H2,1-3H3. The second-order valence-electron chi connectivity index (χ2n) is 7.82. The van der Waals surface area contributed by atoms with Crippen molar-refractivity contribution >= 4 is 28.6 Å². The molecule has 0 bridgehead atoms. The van der Waals surface area contributed by atoms with Crippen LogP contribution < -0.4 is 4.90 Å². The molecule has 0 aliphatic carbocycles. The highest BCUT2D eigenvalue weighted by atomic mass is 16.5. The molecule has 1 aliphatic heterocycles. The number of aryl methyl sites for hydroxylation is 1. The molecule has 1 amide bonds. The highest BCUT2D eigenvalue weighted by Crippen LogP contribution is 2.33. The average molecular weight is 391 g/mol. The molecule has 29 heavy (non-hydrogen) atoms. The fraction of sp³-hybridized carbons (Fsp3) is 0.348. The Morgan fingerprint density at radius 1 is 1.17 bits per heavy atom. The van der Waals surface area contributed by atoms with Gasteiger partial charge in [0.15, 0.2) is 0 Å². The number of ether oxygens (including phenoxy) is 1. The maximum absolute atomic E-state index is 12.7. The Labute approximate surface area is 170 Å². The van der Waals surface area contributed by atoms with Crippen LogP contribution in [-0.2, 0) is 20.9 Å². The third-order valence-corrected chi connectivity index (χ3v) is 5.17. The molecule has 1 aromatic heterocycles. The van der Waals surface area contributed by atoms with E-state index in [-0.39, 0.29) is 30.4 Å². The first-order chi connectivity index (χ1) is 13.9. The van der Waals surface area contributed by atoms with Crippen LogP contribution in [0.15, 0.2) is 48.5 Å². The molecule has 1 unspecified atom stereocenters. The first kappa shape index (κ1) is 19.2. The van der Waals surface area contributed by atoms with Crippen molar-refractivity contribution in [2.24, 2.45) is 0 Å². The number of rotatable bonds is 5. The van der Waals surface area contributed by atoms with Gasteiger partial charge in [-0.1, -0.05) is 29.8 Å². The Kier molecular flexibility index (Phi) is 5.09. The number of imidazole rings is 1. The summed E-state index contributed by atoms with van der Waals surface area (Å²) in [6.45, 7) is 6.32. The SMILES string of the molecule is Cc1ccc(N2CC(c3nc4ccccc4n3CC(=O)OC(C)C)CC2=O)cc1. The van der Waals surface area contributed by atoms with Crippen molar-refractivity contribution in [1.82, 2.24) is 9.55 Å². The van der Waals surface area contributed by atoms with Crippen molar-refractivity contribution in [3.8, 4) is 0 Å². The monoisotopic (exact) mass is 391 g/mol. The highest BCUT2D eigenvalue weighted by molar-refractivity contribution is 5.96. The van der Waals surface area contributed by atoms with Crippen molar-refractivity contribution in [2.75, 3.05) is 11.4 Å². The zero-order chi connectivity index (χ0) is 20.5. The Balaban J connectivity index is 1.66. The van der Waals surface area contributed by atoms with E-state index in [0.717, 1.165) is 28.1 Å². The summed E-state index contributed by atoms with van der Waals surface area (Å²) in [4.78, 5) is 31.7. The zero-order valence-electron chi connectivity index (χ0n) is 17.0. The van der Waals surface area contributed by atoms with E-state index in [2.05, 4.69) is 0 Å². The number of aromatic nitrogens is 2. The molecule has 3 aromatic rings. The van der Waals surface area contributed by atoms with Crippen LogP contribution in [0.5, 0.6) is 0 Å². The number of hydrogen-bond acceptors (Lipinski definition) is 4. The number of nitrogens with zero attached hydrogens (tertiary/aromatic N) is 3. The molecule has 0 N–H and O–H groups in total. The summed E-state index contributed by atoms with van der Waals surface area (Å²) in [5.41, 5.74) is 3.75. The van der Waals surface area contributed by atoms with Crippen LogP contribution >= 0.6 is 0 Å². The van der Waals surface area contributed by atoms with Gasteiger partial charge >= 0.3 is 5.97 Å². The van der Waals surface area contributed by atoms with E-state index in [1.807, 2.05) is 73.9 Å². The number of hydrogen-bond donors (Lipinski definition) is 0. The van der Waals surface area contributed by atoms with Crippen LogP contribution in [-0.4, -0.2) is 34.1 Å². The maximum Gasteiger partial charge on any atom is 0.326 e. The number of fused-ring (bicyclic) bond motifs is 1. The highest BCUT2D eigenvalue weighted by Gasteiger charge is 2.35. The summed E-state index contributed by atoms with van der Waals surface area (Å²) < 4.78 is 7.25. The van der Waals surface area contributed by atoms with E-state index in [0.29, 0.717) is 13.0 Å². The lowest BCUT2D eigenvalue weighted by atomic mass is 10.1. The molecule has 2 aromatic carbocycles. The Hall–Kier alpha value is -3.15. The Bertz CT molecular complexity index is 1050. The van der Waals surface area contributed by atoms with Gasteiger partial charge in [0.05, 0.1) is 17.1 Å². The molecule has 6 heteroatoms. The predicted octanol–water partition coefficient (Wildman–Crippen LogP) is 3.82. The Morgan fingerprint density at radius 3 is 2.62 bits per heavy atom. The van der Waals surface area contributed by atoms with Gasteiger partial charge in [-0.3, -0.25) is 9.59 Å². The van der Waals surface area contributed by atoms with E-state index >= 15 is 0 Å². The number of para-hydroxylation sites is 2. The molecule has 0 spiro atoms. The smallest absolute Gasteiger partial charge is 0.326 e. The van der Waals surface area contributed by atoms with E-state index < -0.39 is 0 Å². The van der Waals surface area contributed by atoms with Crippen molar-refractivity contribution in [1.29, 1.82) is 0 Å². The van der Waals surface area contributed by atoms with Crippen LogP contribution in [0, 0.1) is 6.92 Å². The average Bonchev–Trinajstić information content (AvgIpc) is 3.23. The van der Waals surface area contributed by atoms with Gasteiger partial charge in [-0.15, -0.1) is 0 Å². The van der Waals surface area contributed by atoms with E-state index in [1.54, 1.807) is 4.90 Å². The first-order valence-corrected chi connectivity index (χ1v) is 9.94. The number of benzene rings is 2. The van der Waals surface area contributed by atoms with Crippen molar-refractivity contribution in [3.63, 3.8) is 0 Å². The van der Waals surface area contributed by atoms with Crippen molar-refractivity contribution in [2.45, 2.75) is 45.8 Å². The van der Waals surface area contributed by atoms with Crippen molar-refractivity contribution in [3.05, 3.63) is 59.9 Å². The molecular weight excluding hydrogens is 366 g/mol. The predicted molar refractivity (Wildman–Crippen MR) is 112 cm³/mol. The third-order valence-electron chi connectivity index (χ3n) is 5.17. The lowest BCUT2D eigenvalue weighted by molar-refractivity contribution is -0.148. The number of carbonyl (C=O) groups excluding carboxylic acids is 2. The normalized spacial score (nSPS) is 16.8. The molecule has 150 valence electrons. The van der Waals surface area contributed by atoms with Gasteiger partial charge in [-0.05, 0) is 45.0 Å². The molecule has 0 radical (unpaired) electrons. The largest absolute Gasteiger partial charge is 0.462 e. The van der Waals surface area contributed by atoms with Crippen LogP contribution in [0.4, 0.5) is 5.69 Å². The molecule has 1 atom stereocenters. The third kappa shape index (κ3) is 3.88. The minimum Gasteiger partial charge on any atom is -0.462 e. The summed E-state index contributed by atoms with van der Waals surface area (Å²) in [6.07, 6.45) is 0.196. The summed E-state index contributed by atoms with van der Waals surface area (Å²) in [6, 6.07) is 15.7. The maximum atomic E-state index is 12.7. The number of anilines is 1. The Morgan fingerprint density at radius 2 is 1.90 bits per heavy atom. The topological polar surface area (TPSA) is 64.4 Å².